The zero-order valence-corrected chi connectivity index (χ0v) is 21.7. The van der Waals surface area contributed by atoms with Crippen molar-refractivity contribution in [2.45, 2.75) is 125 Å². The van der Waals surface area contributed by atoms with E-state index in [2.05, 4.69) is 24.3 Å². The summed E-state index contributed by atoms with van der Waals surface area (Å²) in [5.41, 5.74) is 3.26. The maximum Gasteiger partial charge on any atom is 2.00 e. The number of rotatable bonds is 8. The van der Waals surface area contributed by atoms with E-state index in [4.69, 9.17) is 9.05 Å². The Hall–Kier alpha value is 0.238. The van der Waals surface area contributed by atoms with Gasteiger partial charge in [-0.2, -0.15) is 6.07 Å². The Morgan fingerprint density at radius 2 is 0.844 bits per heavy atom. The maximum atomic E-state index is 6.79. The van der Waals surface area contributed by atoms with Gasteiger partial charge >= 0.3 is 16.5 Å². The second kappa shape index (κ2) is 13.4. The van der Waals surface area contributed by atoms with Gasteiger partial charge in [0.25, 0.3) is 0 Å². The Balaban J connectivity index is 0.00000144. The van der Waals surface area contributed by atoms with E-state index in [0.29, 0.717) is 0 Å². The first-order chi connectivity index (χ1) is 14.9. The van der Waals surface area contributed by atoms with Crippen molar-refractivity contribution in [2.24, 2.45) is 0 Å². The predicted molar refractivity (Wildman–Crippen MR) is 141 cm³/mol. The van der Waals surface area contributed by atoms with Gasteiger partial charge in [-0.25, -0.2) is 0 Å². The van der Waals surface area contributed by atoms with Gasteiger partial charge in [0.1, 0.15) is 0 Å². The van der Waals surface area contributed by atoms with E-state index in [1.165, 1.54) is 103 Å². The van der Waals surface area contributed by atoms with Crippen LogP contribution in [0.4, 0.5) is 0 Å². The van der Waals surface area contributed by atoms with E-state index in [1.54, 1.807) is 0 Å². The largest absolute Gasteiger partial charge is 2.00 e. The standard InChI is InChI=1S/C26H39O2P2.BH4.Ni/c1-2-13-23(12-1)29(24-14-3-4-15-24)27-21-10-9-11-22(20-21)28-30(25-16-5-6-17-25)26-18-7-8-19-26;;/h9-11,23-26H,1-8,12-19H2;1H4;/q2*-1;+2. The molecule has 182 valence electrons. The molecule has 2 nitrogen and oxygen atoms in total. The van der Waals surface area contributed by atoms with Crippen LogP contribution in [0.2, 0.25) is 0 Å². The van der Waals surface area contributed by atoms with Crippen LogP contribution in [0, 0.1) is 6.07 Å². The monoisotopic (exact) mass is 518 g/mol. The Morgan fingerprint density at radius 1 is 0.562 bits per heavy atom. The Kier molecular flexibility index (Phi) is 11.2. The molecule has 0 atom stereocenters. The van der Waals surface area contributed by atoms with Crippen LogP contribution in [0.15, 0.2) is 18.2 Å². The zero-order valence-electron chi connectivity index (χ0n) is 18.9. The van der Waals surface area contributed by atoms with E-state index in [1.807, 2.05) is 0 Å². The van der Waals surface area contributed by atoms with Crippen LogP contribution < -0.4 is 9.05 Å². The van der Waals surface area contributed by atoms with Gasteiger partial charge in [-0.05, 0) is 51.4 Å². The molecule has 4 aliphatic rings. The van der Waals surface area contributed by atoms with Gasteiger partial charge in [0.05, 0.1) is 16.3 Å². The fraction of sp³-hybridized carbons (Fsp3) is 0.769. The summed E-state index contributed by atoms with van der Waals surface area (Å²) in [4.78, 5) is 0. The number of hydrogen-bond donors (Lipinski definition) is 0. The summed E-state index contributed by atoms with van der Waals surface area (Å²) < 4.78 is 13.6. The van der Waals surface area contributed by atoms with E-state index in [9.17, 15) is 0 Å². The first kappa shape index (κ1) is 26.8. The van der Waals surface area contributed by atoms with E-state index < -0.39 is 0 Å². The molecule has 0 N–H and O–H groups in total. The summed E-state index contributed by atoms with van der Waals surface area (Å²) in [6.45, 7) is 0. The average molecular weight is 519 g/mol. The first-order valence-electron chi connectivity index (χ1n) is 12.8. The molecular formula is C26H43BNiO2P2. The SMILES string of the molecule is [BH4-].[Ni+2].[c-]1c(OP(C2CCCC2)C2CCCC2)cccc1OP(C1CCCC1)C1CCCC1. The maximum absolute atomic E-state index is 6.79. The molecule has 1 aromatic rings. The summed E-state index contributed by atoms with van der Waals surface area (Å²) in [6, 6.07) is 10.0. The predicted octanol–water partition coefficient (Wildman–Crippen LogP) is 7.35. The molecule has 4 fully saturated rings. The molecule has 1 aromatic carbocycles. The molecule has 32 heavy (non-hydrogen) atoms. The third-order valence-corrected chi connectivity index (χ3v) is 13.6. The fourth-order valence-corrected chi connectivity index (χ4v) is 12.2. The Bertz CT molecular complexity index is 584. The van der Waals surface area contributed by atoms with E-state index in [-0.39, 0.29) is 41.2 Å². The van der Waals surface area contributed by atoms with Gasteiger partial charge in [-0.15, -0.1) is 12.1 Å². The van der Waals surface area contributed by atoms with Gasteiger partial charge < -0.3 is 9.05 Å². The van der Waals surface area contributed by atoms with Crippen LogP contribution in [0.25, 0.3) is 0 Å². The van der Waals surface area contributed by atoms with Crippen LogP contribution >= 0.6 is 16.3 Å². The third-order valence-electron chi connectivity index (χ3n) is 7.89. The molecular weight excluding hydrogens is 476 g/mol. The van der Waals surface area contributed by atoms with Crippen LogP contribution in [-0.4, -0.2) is 31.0 Å². The van der Waals surface area contributed by atoms with Gasteiger partial charge in [0.15, 0.2) is 0 Å². The molecule has 0 amide bonds. The fourth-order valence-electron chi connectivity index (χ4n) is 6.29. The quantitative estimate of drug-likeness (QED) is 0.203. The average Bonchev–Trinajstić information content (AvgIpc) is 3.60. The zero-order chi connectivity index (χ0) is 20.2. The van der Waals surface area contributed by atoms with Gasteiger partial charge in [0, 0.05) is 34.1 Å². The van der Waals surface area contributed by atoms with Crippen LogP contribution in [0.5, 0.6) is 11.5 Å². The van der Waals surface area contributed by atoms with Crippen molar-refractivity contribution < 1.29 is 25.5 Å². The van der Waals surface area contributed by atoms with Crippen molar-refractivity contribution in [3.8, 4) is 11.5 Å². The summed E-state index contributed by atoms with van der Waals surface area (Å²) in [5.74, 6) is 1.93. The van der Waals surface area contributed by atoms with Crippen LogP contribution in [0.3, 0.4) is 0 Å². The second-order valence-corrected chi connectivity index (χ2v) is 14.8. The molecule has 0 bridgehead atoms. The van der Waals surface area contributed by atoms with Crippen molar-refractivity contribution in [1.82, 2.24) is 0 Å². The second-order valence-electron chi connectivity index (χ2n) is 10.0. The molecule has 0 spiro atoms. The summed E-state index contributed by atoms with van der Waals surface area (Å²) in [5, 5.41) is 0. The minimum absolute atomic E-state index is 0. The molecule has 0 aromatic heterocycles. The molecule has 6 heteroatoms. The molecule has 4 saturated carbocycles. The van der Waals surface area contributed by atoms with E-state index in [0.717, 1.165) is 34.1 Å². The summed E-state index contributed by atoms with van der Waals surface area (Å²) in [7, 11) is -0.741. The Labute approximate surface area is 210 Å². The molecule has 0 unspecified atom stereocenters. The minimum Gasteiger partial charge on any atom is -0.499 e. The third kappa shape index (κ3) is 6.67. The van der Waals surface area contributed by atoms with Crippen LogP contribution in [-0.2, 0) is 16.5 Å². The molecule has 4 aliphatic carbocycles. The van der Waals surface area contributed by atoms with Crippen molar-refractivity contribution in [2.75, 3.05) is 0 Å². The molecule has 0 radical (unpaired) electrons. The van der Waals surface area contributed by atoms with Crippen molar-refractivity contribution in [1.29, 1.82) is 0 Å². The summed E-state index contributed by atoms with van der Waals surface area (Å²) >= 11 is 0. The number of hydrogen-bond acceptors (Lipinski definition) is 2. The summed E-state index contributed by atoms with van der Waals surface area (Å²) in [6.07, 6.45) is 22.3. The van der Waals surface area contributed by atoms with Gasteiger partial charge in [-0.3, -0.25) is 0 Å². The molecule has 0 aliphatic heterocycles. The van der Waals surface area contributed by atoms with E-state index >= 15 is 0 Å². The molecule has 0 saturated heterocycles. The first-order valence-corrected chi connectivity index (χ1v) is 15.6. The van der Waals surface area contributed by atoms with Gasteiger partial charge in [0.2, 0.25) is 0 Å². The molecule has 0 heterocycles. The Morgan fingerprint density at radius 3 is 1.12 bits per heavy atom. The van der Waals surface area contributed by atoms with Crippen molar-refractivity contribution in [3.05, 3.63) is 24.3 Å². The number of benzene rings is 1. The van der Waals surface area contributed by atoms with Gasteiger partial charge in [-0.1, -0.05) is 65.8 Å². The minimum atomic E-state index is -0.371. The topological polar surface area (TPSA) is 18.5 Å². The normalized spacial score (nSPS) is 23.1. The van der Waals surface area contributed by atoms with Crippen molar-refractivity contribution in [3.63, 3.8) is 0 Å². The van der Waals surface area contributed by atoms with Crippen LogP contribution in [0.1, 0.15) is 103 Å². The smallest absolute Gasteiger partial charge is 0.499 e. The van der Waals surface area contributed by atoms with Crippen molar-refractivity contribution >= 4 is 24.7 Å². The molecule has 5 rings (SSSR count).